The van der Waals surface area contributed by atoms with Crippen molar-refractivity contribution in [1.82, 2.24) is 0 Å². The predicted molar refractivity (Wildman–Crippen MR) is 79.1 cm³/mol. The van der Waals surface area contributed by atoms with Crippen molar-refractivity contribution in [1.29, 1.82) is 0 Å². The molecule has 0 aliphatic rings. The van der Waals surface area contributed by atoms with Gasteiger partial charge in [0.25, 0.3) is 0 Å². The van der Waals surface area contributed by atoms with Crippen LogP contribution in [-0.4, -0.2) is 19.5 Å². The highest BCUT2D eigenvalue weighted by Crippen LogP contribution is 2.17. The molecule has 0 aliphatic heterocycles. The third kappa shape index (κ3) is 3.92. The molecule has 2 aromatic rings. The number of nitrogens with one attached hydrogen (secondary N) is 1. The first-order chi connectivity index (χ1) is 9.95. The SMILES string of the molecule is CN(CC(=O)Nc1ccc(F)c(N)c1)c1ccc(F)cc1. The van der Waals surface area contributed by atoms with Gasteiger partial charge >= 0.3 is 0 Å². The summed E-state index contributed by atoms with van der Waals surface area (Å²) in [5.74, 6) is -1.15. The third-order valence-electron chi connectivity index (χ3n) is 2.93. The zero-order valence-electron chi connectivity index (χ0n) is 11.4. The molecule has 0 heterocycles. The van der Waals surface area contributed by atoms with Crippen molar-refractivity contribution < 1.29 is 13.6 Å². The molecule has 110 valence electrons. The van der Waals surface area contributed by atoms with Gasteiger partial charge in [-0.05, 0) is 42.5 Å². The lowest BCUT2D eigenvalue weighted by molar-refractivity contribution is -0.114. The Morgan fingerprint density at radius 1 is 1.19 bits per heavy atom. The van der Waals surface area contributed by atoms with Gasteiger partial charge in [-0.3, -0.25) is 4.79 Å². The van der Waals surface area contributed by atoms with E-state index in [1.807, 2.05) is 0 Å². The van der Waals surface area contributed by atoms with Crippen molar-refractivity contribution in [3.05, 3.63) is 54.1 Å². The zero-order chi connectivity index (χ0) is 15.4. The first kappa shape index (κ1) is 14.8. The lowest BCUT2D eigenvalue weighted by atomic mass is 10.2. The van der Waals surface area contributed by atoms with Gasteiger partial charge in [-0.2, -0.15) is 0 Å². The van der Waals surface area contributed by atoms with E-state index < -0.39 is 5.82 Å². The number of benzene rings is 2. The van der Waals surface area contributed by atoms with Gasteiger partial charge in [-0.15, -0.1) is 0 Å². The minimum atomic E-state index is -0.531. The van der Waals surface area contributed by atoms with E-state index in [4.69, 9.17) is 5.73 Å². The molecular formula is C15H15F2N3O. The maximum absolute atomic E-state index is 13.0. The van der Waals surface area contributed by atoms with E-state index in [2.05, 4.69) is 5.32 Å². The van der Waals surface area contributed by atoms with Crippen molar-refractivity contribution in [2.45, 2.75) is 0 Å². The Hall–Kier alpha value is -2.63. The minimum absolute atomic E-state index is 0.0281. The Morgan fingerprint density at radius 2 is 1.86 bits per heavy atom. The molecule has 3 N–H and O–H groups in total. The Labute approximate surface area is 121 Å². The fourth-order valence-corrected chi connectivity index (χ4v) is 1.82. The molecule has 0 atom stereocenters. The van der Waals surface area contributed by atoms with E-state index in [9.17, 15) is 13.6 Å². The minimum Gasteiger partial charge on any atom is -0.396 e. The average molecular weight is 291 g/mol. The molecule has 0 fully saturated rings. The first-order valence-corrected chi connectivity index (χ1v) is 6.27. The normalized spacial score (nSPS) is 10.2. The molecule has 0 spiro atoms. The molecule has 0 bridgehead atoms. The highest BCUT2D eigenvalue weighted by atomic mass is 19.1. The third-order valence-corrected chi connectivity index (χ3v) is 2.93. The summed E-state index contributed by atoms with van der Waals surface area (Å²) >= 11 is 0. The molecule has 0 aliphatic carbocycles. The van der Waals surface area contributed by atoms with E-state index in [1.54, 1.807) is 24.1 Å². The highest BCUT2D eigenvalue weighted by Gasteiger charge is 2.09. The number of rotatable bonds is 4. The largest absolute Gasteiger partial charge is 0.396 e. The van der Waals surface area contributed by atoms with Crippen LogP contribution in [0.5, 0.6) is 0 Å². The number of halogens is 2. The van der Waals surface area contributed by atoms with Gasteiger partial charge in [0.1, 0.15) is 11.6 Å². The number of likely N-dealkylation sites (N-methyl/N-ethyl adjacent to an activating group) is 1. The Balaban J connectivity index is 1.97. The molecule has 0 radical (unpaired) electrons. The van der Waals surface area contributed by atoms with E-state index in [0.717, 1.165) is 0 Å². The summed E-state index contributed by atoms with van der Waals surface area (Å²) in [5, 5.41) is 2.62. The van der Waals surface area contributed by atoms with Crippen LogP contribution in [0.2, 0.25) is 0 Å². The Morgan fingerprint density at radius 3 is 2.48 bits per heavy atom. The fourth-order valence-electron chi connectivity index (χ4n) is 1.82. The second kappa shape index (κ2) is 6.21. The second-order valence-electron chi connectivity index (χ2n) is 4.62. The molecule has 0 saturated carbocycles. The van der Waals surface area contributed by atoms with Crippen LogP contribution in [-0.2, 0) is 4.79 Å². The van der Waals surface area contributed by atoms with Gasteiger partial charge in [-0.25, -0.2) is 8.78 Å². The van der Waals surface area contributed by atoms with Crippen LogP contribution in [0.15, 0.2) is 42.5 Å². The molecule has 21 heavy (non-hydrogen) atoms. The van der Waals surface area contributed by atoms with Crippen LogP contribution in [0.3, 0.4) is 0 Å². The van der Waals surface area contributed by atoms with Gasteiger partial charge in [0.05, 0.1) is 12.2 Å². The van der Waals surface area contributed by atoms with Crippen molar-refractivity contribution in [3.63, 3.8) is 0 Å². The molecule has 0 aromatic heterocycles. The van der Waals surface area contributed by atoms with E-state index in [-0.39, 0.29) is 24.0 Å². The lowest BCUT2D eigenvalue weighted by Gasteiger charge is -2.18. The zero-order valence-corrected chi connectivity index (χ0v) is 11.4. The molecule has 6 heteroatoms. The lowest BCUT2D eigenvalue weighted by Crippen LogP contribution is -2.30. The number of hydrogen-bond acceptors (Lipinski definition) is 3. The van der Waals surface area contributed by atoms with Crippen molar-refractivity contribution in [2.24, 2.45) is 0 Å². The van der Waals surface area contributed by atoms with Gasteiger partial charge in [0, 0.05) is 18.4 Å². The molecule has 1 amide bonds. The van der Waals surface area contributed by atoms with Gasteiger partial charge in [-0.1, -0.05) is 0 Å². The van der Waals surface area contributed by atoms with Gasteiger partial charge < -0.3 is 16.0 Å². The molecule has 4 nitrogen and oxygen atoms in total. The average Bonchev–Trinajstić information content (AvgIpc) is 2.43. The molecule has 2 rings (SSSR count). The van der Waals surface area contributed by atoms with Crippen LogP contribution in [0.4, 0.5) is 25.8 Å². The monoisotopic (exact) mass is 291 g/mol. The van der Waals surface area contributed by atoms with Gasteiger partial charge in [0.2, 0.25) is 5.91 Å². The number of carbonyl (C=O) groups is 1. The Kier molecular flexibility index (Phi) is 4.37. The smallest absolute Gasteiger partial charge is 0.243 e. The van der Waals surface area contributed by atoms with Crippen molar-refractivity contribution >= 4 is 23.0 Å². The number of carbonyl (C=O) groups excluding carboxylic acids is 1. The molecule has 2 aromatic carbocycles. The van der Waals surface area contributed by atoms with E-state index in [0.29, 0.717) is 11.4 Å². The first-order valence-electron chi connectivity index (χ1n) is 6.27. The summed E-state index contributed by atoms with van der Waals surface area (Å²) in [4.78, 5) is 13.6. The number of nitrogens with two attached hydrogens (primary N) is 1. The van der Waals surface area contributed by atoms with Crippen LogP contribution < -0.4 is 16.0 Å². The Bertz CT molecular complexity index is 644. The van der Waals surface area contributed by atoms with Crippen LogP contribution >= 0.6 is 0 Å². The van der Waals surface area contributed by atoms with Crippen LogP contribution in [0.1, 0.15) is 0 Å². The summed E-state index contributed by atoms with van der Waals surface area (Å²) in [6.45, 7) is 0.0723. The van der Waals surface area contributed by atoms with Gasteiger partial charge in [0.15, 0.2) is 0 Å². The number of hydrogen-bond donors (Lipinski definition) is 2. The molecule has 0 unspecified atom stereocenters. The maximum atomic E-state index is 13.0. The van der Waals surface area contributed by atoms with Crippen molar-refractivity contribution in [2.75, 3.05) is 29.5 Å². The summed E-state index contributed by atoms with van der Waals surface area (Å²) in [5.41, 5.74) is 6.54. The quantitative estimate of drug-likeness (QED) is 0.851. The van der Waals surface area contributed by atoms with Crippen LogP contribution in [0.25, 0.3) is 0 Å². The summed E-state index contributed by atoms with van der Waals surface area (Å²) in [6, 6.07) is 9.78. The number of nitrogens with zero attached hydrogens (tertiary/aromatic N) is 1. The van der Waals surface area contributed by atoms with Crippen molar-refractivity contribution in [3.8, 4) is 0 Å². The second-order valence-corrected chi connectivity index (χ2v) is 4.62. The topological polar surface area (TPSA) is 58.4 Å². The standard InChI is InChI=1S/C15H15F2N3O/c1-20(12-5-2-10(16)3-6-12)9-15(21)19-11-4-7-13(17)14(18)8-11/h2-8H,9,18H2,1H3,(H,19,21). The summed E-state index contributed by atoms with van der Waals surface area (Å²) < 4.78 is 25.9. The number of anilines is 3. The molecular weight excluding hydrogens is 276 g/mol. The maximum Gasteiger partial charge on any atom is 0.243 e. The number of nitrogen functional groups attached to an aromatic ring is 1. The van der Waals surface area contributed by atoms with E-state index in [1.165, 1.54) is 30.3 Å². The van der Waals surface area contributed by atoms with Crippen LogP contribution in [0, 0.1) is 11.6 Å². The predicted octanol–water partition coefficient (Wildman–Crippen LogP) is 2.62. The van der Waals surface area contributed by atoms with E-state index >= 15 is 0 Å². The highest BCUT2D eigenvalue weighted by molar-refractivity contribution is 5.94. The molecule has 0 saturated heterocycles. The summed E-state index contributed by atoms with van der Waals surface area (Å²) in [7, 11) is 1.71. The number of amides is 1. The fraction of sp³-hybridized carbons (Fsp3) is 0.133. The summed E-state index contributed by atoms with van der Waals surface area (Å²) in [6.07, 6.45) is 0.